The van der Waals surface area contributed by atoms with Crippen LogP contribution in [0.3, 0.4) is 0 Å². The van der Waals surface area contributed by atoms with Crippen molar-refractivity contribution in [2.45, 2.75) is 10.8 Å². The van der Waals surface area contributed by atoms with Crippen LogP contribution in [0.5, 0.6) is 0 Å². The normalized spacial score (nSPS) is 17.6. The van der Waals surface area contributed by atoms with Gasteiger partial charge < -0.3 is 0 Å². The topological polar surface area (TPSA) is 37.4 Å². The van der Waals surface area contributed by atoms with Crippen LogP contribution in [0.1, 0.15) is 4.88 Å². The standard InChI is InChI=1S/C13H14ClNO2S3/c14-9-12-13(10-3-1-2-4-11(10)19-12)20(16,17)15-5-7-18-8-6-15/h1-4H,5-9H2. The van der Waals surface area contributed by atoms with E-state index < -0.39 is 10.0 Å². The minimum absolute atomic E-state index is 0.233. The molecule has 0 atom stereocenters. The Bertz CT molecular complexity index is 720. The molecule has 0 aliphatic carbocycles. The molecule has 1 aromatic carbocycles. The van der Waals surface area contributed by atoms with Gasteiger partial charge in [-0.1, -0.05) is 18.2 Å². The molecule has 1 fully saturated rings. The van der Waals surface area contributed by atoms with Crippen molar-refractivity contribution < 1.29 is 8.42 Å². The molecule has 3 nitrogen and oxygen atoms in total. The average Bonchev–Trinajstić information content (AvgIpc) is 2.87. The lowest BCUT2D eigenvalue weighted by molar-refractivity contribution is 0.444. The van der Waals surface area contributed by atoms with Gasteiger partial charge >= 0.3 is 0 Å². The number of halogens is 1. The molecule has 1 aromatic heterocycles. The SMILES string of the molecule is O=S(=O)(c1c(CCl)sc2ccccc12)N1CCSCC1. The number of benzene rings is 1. The van der Waals surface area contributed by atoms with Crippen LogP contribution in [0.2, 0.25) is 0 Å². The van der Waals surface area contributed by atoms with Gasteiger partial charge in [-0.2, -0.15) is 16.1 Å². The molecule has 0 bridgehead atoms. The lowest BCUT2D eigenvalue weighted by Gasteiger charge is -2.25. The number of hydrogen-bond donors (Lipinski definition) is 0. The van der Waals surface area contributed by atoms with E-state index in [4.69, 9.17) is 11.6 Å². The number of thioether (sulfide) groups is 1. The maximum Gasteiger partial charge on any atom is 0.244 e. The predicted octanol–water partition coefficient (Wildman–Crippen LogP) is 3.38. The van der Waals surface area contributed by atoms with Gasteiger partial charge in [0.25, 0.3) is 0 Å². The van der Waals surface area contributed by atoms with Crippen LogP contribution in [0, 0.1) is 0 Å². The van der Waals surface area contributed by atoms with E-state index in [0.717, 1.165) is 26.5 Å². The molecule has 20 heavy (non-hydrogen) atoms. The maximum absolute atomic E-state index is 12.9. The summed E-state index contributed by atoms with van der Waals surface area (Å²) in [6, 6.07) is 7.61. The van der Waals surface area contributed by atoms with Crippen molar-refractivity contribution in [1.29, 1.82) is 0 Å². The number of thiophene rings is 1. The minimum Gasteiger partial charge on any atom is -0.207 e. The molecule has 0 spiro atoms. The third-order valence-electron chi connectivity index (χ3n) is 3.31. The summed E-state index contributed by atoms with van der Waals surface area (Å²) in [4.78, 5) is 1.16. The maximum atomic E-state index is 12.9. The Hall–Kier alpha value is -0.270. The van der Waals surface area contributed by atoms with Gasteiger partial charge in [-0.3, -0.25) is 0 Å². The summed E-state index contributed by atoms with van der Waals surface area (Å²) >= 11 is 9.24. The summed E-state index contributed by atoms with van der Waals surface area (Å²) in [6.45, 7) is 1.16. The fourth-order valence-electron chi connectivity index (χ4n) is 2.36. The number of hydrogen-bond acceptors (Lipinski definition) is 4. The van der Waals surface area contributed by atoms with Crippen LogP contribution < -0.4 is 0 Å². The Morgan fingerprint density at radius 3 is 2.60 bits per heavy atom. The van der Waals surface area contributed by atoms with Crippen LogP contribution >= 0.6 is 34.7 Å². The molecule has 0 unspecified atom stereocenters. The molecular weight excluding hydrogens is 334 g/mol. The molecule has 1 aliphatic heterocycles. The van der Waals surface area contributed by atoms with E-state index in [1.54, 1.807) is 16.1 Å². The zero-order chi connectivity index (χ0) is 14.2. The lowest BCUT2D eigenvalue weighted by Crippen LogP contribution is -2.38. The number of fused-ring (bicyclic) bond motifs is 1. The second-order valence-corrected chi connectivity index (χ2v) is 9.00. The molecule has 3 rings (SSSR count). The summed E-state index contributed by atoms with van der Waals surface area (Å²) in [5.41, 5.74) is 0. The summed E-state index contributed by atoms with van der Waals surface area (Å²) in [7, 11) is -3.44. The van der Waals surface area contributed by atoms with Crippen molar-refractivity contribution in [2.24, 2.45) is 0 Å². The van der Waals surface area contributed by atoms with Crippen molar-refractivity contribution >= 4 is 54.8 Å². The van der Waals surface area contributed by atoms with E-state index in [1.807, 2.05) is 24.3 Å². The Morgan fingerprint density at radius 1 is 1.20 bits per heavy atom. The Kier molecular flexibility index (Phi) is 4.29. The lowest BCUT2D eigenvalue weighted by atomic mass is 10.2. The highest BCUT2D eigenvalue weighted by atomic mass is 35.5. The highest BCUT2D eigenvalue weighted by molar-refractivity contribution is 7.99. The summed E-state index contributed by atoms with van der Waals surface area (Å²) in [5, 5.41) is 0.798. The van der Waals surface area contributed by atoms with Crippen molar-refractivity contribution in [3.63, 3.8) is 0 Å². The fraction of sp³-hybridized carbons (Fsp3) is 0.385. The fourth-order valence-corrected chi connectivity index (χ4v) is 7.06. The molecule has 2 aromatic rings. The Labute approximate surface area is 132 Å². The Balaban J connectivity index is 2.17. The Morgan fingerprint density at radius 2 is 1.90 bits per heavy atom. The highest BCUT2D eigenvalue weighted by Gasteiger charge is 2.31. The molecule has 0 N–H and O–H groups in total. The number of alkyl halides is 1. The molecule has 7 heteroatoms. The smallest absolute Gasteiger partial charge is 0.207 e. The first-order valence-electron chi connectivity index (χ1n) is 6.29. The predicted molar refractivity (Wildman–Crippen MR) is 87.5 cm³/mol. The summed E-state index contributed by atoms with van der Waals surface area (Å²) < 4.78 is 28.4. The minimum atomic E-state index is -3.44. The van der Waals surface area contributed by atoms with E-state index in [1.165, 1.54) is 11.3 Å². The van der Waals surface area contributed by atoms with Gasteiger partial charge in [-0.15, -0.1) is 22.9 Å². The largest absolute Gasteiger partial charge is 0.244 e. The van der Waals surface area contributed by atoms with Crippen LogP contribution in [0.15, 0.2) is 29.2 Å². The first-order chi connectivity index (χ1) is 9.64. The van der Waals surface area contributed by atoms with Crippen molar-refractivity contribution in [2.75, 3.05) is 24.6 Å². The number of sulfonamides is 1. The van der Waals surface area contributed by atoms with Gasteiger partial charge in [0.05, 0.1) is 5.88 Å². The van der Waals surface area contributed by atoms with Gasteiger partial charge in [0.15, 0.2) is 0 Å². The molecule has 108 valence electrons. The first kappa shape index (κ1) is 14.7. The first-order valence-corrected chi connectivity index (χ1v) is 10.2. The van der Waals surface area contributed by atoms with Crippen LogP contribution in [0.25, 0.3) is 10.1 Å². The molecule has 1 aliphatic rings. The van der Waals surface area contributed by atoms with Gasteiger partial charge in [-0.25, -0.2) is 8.42 Å². The van der Waals surface area contributed by atoms with E-state index >= 15 is 0 Å². The number of rotatable bonds is 3. The third kappa shape index (κ3) is 2.48. The molecular formula is C13H14ClNO2S3. The van der Waals surface area contributed by atoms with Crippen molar-refractivity contribution in [1.82, 2.24) is 4.31 Å². The number of nitrogens with zero attached hydrogens (tertiary/aromatic N) is 1. The van der Waals surface area contributed by atoms with Crippen LogP contribution in [-0.4, -0.2) is 37.3 Å². The quantitative estimate of drug-likeness (QED) is 0.799. The highest BCUT2D eigenvalue weighted by Crippen LogP contribution is 2.37. The summed E-state index contributed by atoms with van der Waals surface area (Å²) in [6.07, 6.45) is 0. The van der Waals surface area contributed by atoms with Crippen molar-refractivity contribution in [3.05, 3.63) is 29.1 Å². The molecule has 0 amide bonds. The summed E-state index contributed by atoms with van der Waals surface area (Å²) in [5.74, 6) is 1.95. The monoisotopic (exact) mass is 347 g/mol. The zero-order valence-electron chi connectivity index (χ0n) is 10.7. The molecule has 2 heterocycles. The van der Waals surface area contributed by atoms with Gasteiger partial charge in [-0.05, 0) is 6.07 Å². The molecule has 0 saturated carbocycles. The van der Waals surface area contributed by atoms with Gasteiger partial charge in [0.2, 0.25) is 10.0 Å². The van der Waals surface area contributed by atoms with Crippen LogP contribution in [0.4, 0.5) is 0 Å². The second-order valence-electron chi connectivity index (χ2n) is 4.50. The van der Waals surface area contributed by atoms with Gasteiger partial charge in [0.1, 0.15) is 4.90 Å². The molecule has 0 radical (unpaired) electrons. The van der Waals surface area contributed by atoms with E-state index in [0.29, 0.717) is 18.0 Å². The second kappa shape index (κ2) is 5.85. The van der Waals surface area contributed by atoms with Crippen molar-refractivity contribution in [3.8, 4) is 0 Å². The third-order valence-corrected chi connectivity index (χ3v) is 8.00. The van der Waals surface area contributed by atoms with Crippen LogP contribution in [-0.2, 0) is 15.9 Å². The van der Waals surface area contributed by atoms with Gasteiger partial charge in [0, 0.05) is 39.6 Å². The average molecular weight is 348 g/mol. The molecule has 1 saturated heterocycles. The zero-order valence-corrected chi connectivity index (χ0v) is 13.9. The van der Waals surface area contributed by atoms with E-state index in [-0.39, 0.29) is 5.88 Å². The van der Waals surface area contributed by atoms with E-state index in [2.05, 4.69) is 0 Å². The van der Waals surface area contributed by atoms with E-state index in [9.17, 15) is 8.42 Å².